The van der Waals surface area contributed by atoms with Crippen molar-refractivity contribution in [3.63, 3.8) is 0 Å². The summed E-state index contributed by atoms with van der Waals surface area (Å²) >= 11 is 0. The highest BCUT2D eigenvalue weighted by molar-refractivity contribution is 5.98. The lowest BCUT2D eigenvalue weighted by atomic mass is 10.1. The average molecular weight is 329 g/mol. The Kier molecular flexibility index (Phi) is 4.55. The van der Waals surface area contributed by atoms with Crippen molar-refractivity contribution in [3.05, 3.63) is 29.3 Å². The van der Waals surface area contributed by atoms with E-state index in [4.69, 9.17) is 0 Å². The van der Waals surface area contributed by atoms with Crippen molar-refractivity contribution in [1.82, 2.24) is 10.2 Å². The number of rotatable bonds is 4. The average Bonchev–Trinajstić information content (AvgIpc) is 3.13. The summed E-state index contributed by atoms with van der Waals surface area (Å²) in [6.45, 7) is 5.46. The molecule has 1 atom stereocenters. The predicted octanol–water partition coefficient (Wildman–Crippen LogP) is 1.34. The molecular weight excluding hydrogens is 306 g/mol. The minimum absolute atomic E-state index is 0.0230. The van der Waals surface area contributed by atoms with Crippen LogP contribution in [0.25, 0.3) is 0 Å². The summed E-state index contributed by atoms with van der Waals surface area (Å²) in [5.74, 6) is 0.0472. The smallest absolute Gasteiger partial charge is 0.251 e. The second-order valence-electron chi connectivity index (χ2n) is 6.58. The number of amides is 3. The van der Waals surface area contributed by atoms with Crippen molar-refractivity contribution in [2.24, 2.45) is 0 Å². The minimum atomic E-state index is -0.141. The first kappa shape index (κ1) is 16.5. The number of carbonyl (C=O) groups excluding carboxylic acids is 3. The zero-order chi connectivity index (χ0) is 17.3. The molecule has 3 rings (SSSR count). The standard InChI is InChI=1S/C18H23N3O3/c1-12(11-20-8-3-4-17(20)23)19-18(24)15-5-6-16-14(10-15)7-9-21(16)13(2)22/h5-6,10,12H,3-4,7-9,11H2,1-2H3,(H,19,24). The Morgan fingerprint density at radius 1 is 1.25 bits per heavy atom. The fourth-order valence-corrected chi connectivity index (χ4v) is 3.45. The molecule has 2 heterocycles. The summed E-state index contributed by atoms with van der Waals surface area (Å²) in [6.07, 6.45) is 2.28. The molecule has 0 aliphatic carbocycles. The van der Waals surface area contributed by atoms with E-state index in [1.807, 2.05) is 19.1 Å². The molecule has 1 N–H and O–H groups in total. The van der Waals surface area contributed by atoms with Crippen LogP contribution in [-0.4, -0.2) is 48.3 Å². The molecular formula is C18H23N3O3. The van der Waals surface area contributed by atoms with Gasteiger partial charge in [0, 0.05) is 50.3 Å². The van der Waals surface area contributed by atoms with Crippen LogP contribution in [0.2, 0.25) is 0 Å². The maximum Gasteiger partial charge on any atom is 0.251 e. The van der Waals surface area contributed by atoms with Crippen LogP contribution in [-0.2, 0) is 16.0 Å². The highest BCUT2D eigenvalue weighted by atomic mass is 16.2. The summed E-state index contributed by atoms with van der Waals surface area (Å²) in [4.78, 5) is 39.2. The third-order valence-corrected chi connectivity index (χ3v) is 4.66. The Bertz CT molecular complexity index is 686. The molecule has 6 nitrogen and oxygen atoms in total. The molecule has 24 heavy (non-hydrogen) atoms. The van der Waals surface area contributed by atoms with Crippen molar-refractivity contribution < 1.29 is 14.4 Å². The quantitative estimate of drug-likeness (QED) is 0.906. The molecule has 1 fully saturated rings. The minimum Gasteiger partial charge on any atom is -0.348 e. The maximum absolute atomic E-state index is 12.4. The van der Waals surface area contributed by atoms with Crippen LogP contribution in [0.3, 0.4) is 0 Å². The zero-order valence-electron chi connectivity index (χ0n) is 14.2. The van der Waals surface area contributed by atoms with Crippen LogP contribution < -0.4 is 10.2 Å². The summed E-state index contributed by atoms with van der Waals surface area (Å²) in [5, 5.41) is 2.96. The molecule has 0 spiro atoms. The molecule has 1 aromatic carbocycles. The third kappa shape index (κ3) is 3.27. The van der Waals surface area contributed by atoms with Gasteiger partial charge in [-0.2, -0.15) is 0 Å². The summed E-state index contributed by atoms with van der Waals surface area (Å²) < 4.78 is 0. The highest BCUT2D eigenvalue weighted by Crippen LogP contribution is 2.28. The highest BCUT2D eigenvalue weighted by Gasteiger charge is 2.25. The Morgan fingerprint density at radius 3 is 2.71 bits per heavy atom. The van der Waals surface area contributed by atoms with Crippen LogP contribution in [0.1, 0.15) is 42.6 Å². The molecule has 1 aromatic rings. The fraction of sp³-hybridized carbons (Fsp3) is 0.500. The van der Waals surface area contributed by atoms with E-state index >= 15 is 0 Å². The zero-order valence-corrected chi connectivity index (χ0v) is 14.2. The van der Waals surface area contributed by atoms with Gasteiger partial charge in [0.15, 0.2) is 0 Å². The number of fused-ring (bicyclic) bond motifs is 1. The Balaban J connectivity index is 1.63. The van der Waals surface area contributed by atoms with Crippen molar-refractivity contribution in [1.29, 1.82) is 0 Å². The number of likely N-dealkylation sites (tertiary alicyclic amines) is 1. The van der Waals surface area contributed by atoms with E-state index in [1.54, 1.807) is 22.8 Å². The Hall–Kier alpha value is -2.37. The summed E-state index contributed by atoms with van der Waals surface area (Å²) in [7, 11) is 0. The maximum atomic E-state index is 12.4. The van der Waals surface area contributed by atoms with Crippen LogP contribution in [0.4, 0.5) is 5.69 Å². The van der Waals surface area contributed by atoms with Crippen molar-refractivity contribution in [3.8, 4) is 0 Å². The van der Waals surface area contributed by atoms with Gasteiger partial charge in [0.1, 0.15) is 0 Å². The molecule has 128 valence electrons. The van der Waals surface area contributed by atoms with E-state index < -0.39 is 0 Å². The molecule has 0 bridgehead atoms. The van der Waals surface area contributed by atoms with Gasteiger partial charge in [0.05, 0.1) is 0 Å². The van der Waals surface area contributed by atoms with Gasteiger partial charge in [0.2, 0.25) is 11.8 Å². The van der Waals surface area contributed by atoms with Gasteiger partial charge in [-0.05, 0) is 43.5 Å². The van der Waals surface area contributed by atoms with E-state index in [2.05, 4.69) is 5.32 Å². The van der Waals surface area contributed by atoms with Gasteiger partial charge in [0.25, 0.3) is 5.91 Å². The lowest BCUT2D eigenvalue weighted by Crippen LogP contribution is -2.42. The largest absolute Gasteiger partial charge is 0.348 e. The third-order valence-electron chi connectivity index (χ3n) is 4.66. The molecule has 1 saturated heterocycles. The number of anilines is 1. The van der Waals surface area contributed by atoms with Gasteiger partial charge in [-0.3, -0.25) is 14.4 Å². The number of nitrogens with one attached hydrogen (secondary N) is 1. The van der Waals surface area contributed by atoms with E-state index in [0.717, 1.165) is 30.6 Å². The second-order valence-corrected chi connectivity index (χ2v) is 6.58. The number of benzene rings is 1. The number of nitrogens with zero attached hydrogens (tertiary/aromatic N) is 2. The monoisotopic (exact) mass is 329 g/mol. The lowest BCUT2D eigenvalue weighted by molar-refractivity contribution is -0.128. The predicted molar refractivity (Wildman–Crippen MR) is 90.9 cm³/mol. The number of carbonyl (C=O) groups is 3. The molecule has 1 unspecified atom stereocenters. The fourth-order valence-electron chi connectivity index (χ4n) is 3.45. The van der Waals surface area contributed by atoms with E-state index in [1.165, 1.54) is 0 Å². The van der Waals surface area contributed by atoms with Crippen molar-refractivity contribution in [2.45, 2.75) is 39.2 Å². The van der Waals surface area contributed by atoms with Gasteiger partial charge in [-0.1, -0.05) is 0 Å². The molecule has 2 aliphatic heterocycles. The molecule has 0 radical (unpaired) electrons. The molecule has 6 heteroatoms. The molecule has 2 aliphatic rings. The molecule has 3 amide bonds. The first-order valence-electron chi connectivity index (χ1n) is 8.45. The molecule has 0 aromatic heterocycles. The first-order valence-corrected chi connectivity index (χ1v) is 8.45. The van der Waals surface area contributed by atoms with Gasteiger partial charge >= 0.3 is 0 Å². The van der Waals surface area contributed by atoms with Crippen LogP contribution >= 0.6 is 0 Å². The van der Waals surface area contributed by atoms with Crippen LogP contribution in [0.5, 0.6) is 0 Å². The van der Waals surface area contributed by atoms with Crippen molar-refractivity contribution >= 4 is 23.4 Å². The Morgan fingerprint density at radius 2 is 2.04 bits per heavy atom. The van der Waals surface area contributed by atoms with Crippen molar-refractivity contribution in [2.75, 3.05) is 24.5 Å². The first-order chi connectivity index (χ1) is 11.5. The summed E-state index contributed by atoms with van der Waals surface area (Å²) in [6, 6.07) is 5.36. The topological polar surface area (TPSA) is 69.7 Å². The van der Waals surface area contributed by atoms with Gasteiger partial charge in [-0.25, -0.2) is 0 Å². The number of hydrogen-bond donors (Lipinski definition) is 1. The number of hydrogen-bond acceptors (Lipinski definition) is 3. The van der Waals surface area contributed by atoms with Gasteiger partial charge in [-0.15, -0.1) is 0 Å². The Labute approximate surface area is 141 Å². The lowest BCUT2D eigenvalue weighted by Gasteiger charge is -2.22. The van der Waals surface area contributed by atoms with E-state index in [-0.39, 0.29) is 23.8 Å². The molecule has 0 saturated carbocycles. The van der Waals surface area contributed by atoms with Crippen LogP contribution in [0.15, 0.2) is 18.2 Å². The van der Waals surface area contributed by atoms with Gasteiger partial charge < -0.3 is 15.1 Å². The van der Waals surface area contributed by atoms with E-state index in [0.29, 0.717) is 25.1 Å². The second kappa shape index (κ2) is 6.63. The van der Waals surface area contributed by atoms with Crippen LogP contribution in [0, 0.1) is 0 Å². The SMILES string of the molecule is CC(=O)N1CCc2cc(C(=O)NC(C)CN3CCCC3=O)ccc21. The van der Waals surface area contributed by atoms with E-state index in [9.17, 15) is 14.4 Å². The normalized spacial score (nSPS) is 17.8. The summed E-state index contributed by atoms with van der Waals surface area (Å²) in [5.41, 5.74) is 2.52.